The predicted molar refractivity (Wildman–Crippen MR) is 125 cm³/mol. The van der Waals surface area contributed by atoms with Crippen molar-refractivity contribution in [2.24, 2.45) is 23.7 Å². The number of hydrogen-bond donors (Lipinski definition) is 2. The molecule has 0 aromatic heterocycles. The average Bonchev–Trinajstić information content (AvgIpc) is 3.46. The van der Waals surface area contributed by atoms with Gasteiger partial charge < -0.3 is 20.1 Å². The summed E-state index contributed by atoms with van der Waals surface area (Å²) >= 11 is 0. The lowest BCUT2D eigenvalue weighted by Gasteiger charge is -2.31. The number of carbonyl (C=O) groups excluding carboxylic acids is 2. The summed E-state index contributed by atoms with van der Waals surface area (Å²) in [5.74, 6) is -8.38. The molecule has 0 spiro atoms. The van der Waals surface area contributed by atoms with Crippen molar-refractivity contribution >= 4 is 11.8 Å². The minimum absolute atomic E-state index is 0.0291. The summed E-state index contributed by atoms with van der Waals surface area (Å²) in [6, 6.07) is 1.51. The SMILES string of the molecule is COc1cc(F)c(O[C@H]2CC[C@H](C)CC2)cc1C(=O)N[C@@H]1[C@H]2CC[C@H](C2)[C@@H]1C(=O)NCC(F)(F)C(F)(F)F. The van der Waals surface area contributed by atoms with E-state index in [1.54, 1.807) is 5.32 Å². The van der Waals surface area contributed by atoms with Gasteiger partial charge in [-0.15, -0.1) is 0 Å². The van der Waals surface area contributed by atoms with Crippen LogP contribution in [0.25, 0.3) is 0 Å². The molecule has 4 rings (SSSR count). The van der Waals surface area contributed by atoms with Crippen LogP contribution in [0.2, 0.25) is 0 Å². The van der Waals surface area contributed by atoms with Gasteiger partial charge in [-0.2, -0.15) is 22.0 Å². The van der Waals surface area contributed by atoms with Crippen LogP contribution >= 0.6 is 0 Å². The van der Waals surface area contributed by atoms with E-state index < -0.39 is 48.2 Å². The summed E-state index contributed by atoms with van der Waals surface area (Å²) in [6.07, 6.45) is -0.789. The van der Waals surface area contributed by atoms with Crippen molar-refractivity contribution in [1.82, 2.24) is 10.6 Å². The van der Waals surface area contributed by atoms with E-state index in [0.29, 0.717) is 25.2 Å². The Bertz CT molecular complexity index is 1040. The third kappa shape index (κ3) is 5.83. The highest BCUT2D eigenvalue weighted by Crippen LogP contribution is 2.49. The van der Waals surface area contributed by atoms with E-state index in [2.05, 4.69) is 12.2 Å². The van der Waals surface area contributed by atoms with Gasteiger partial charge in [-0.1, -0.05) is 6.92 Å². The van der Waals surface area contributed by atoms with E-state index in [1.807, 2.05) is 0 Å². The number of methoxy groups -OCH3 is 1. The fourth-order valence-corrected chi connectivity index (χ4v) is 6.02. The smallest absolute Gasteiger partial charge is 0.455 e. The highest BCUT2D eigenvalue weighted by atomic mass is 19.4. The third-order valence-corrected chi connectivity index (χ3v) is 8.17. The maximum Gasteiger partial charge on any atom is 0.455 e. The lowest BCUT2D eigenvalue weighted by Crippen LogP contribution is -2.53. The maximum atomic E-state index is 14.7. The number of amides is 2. The molecule has 12 heteroatoms. The van der Waals surface area contributed by atoms with Crippen molar-refractivity contribution in [2.75, 3.05) is 13.7 Å². The highest BCUT2D eigenvalue weighted by molar-refractivity contribution is 5.98. The summed E-state index contributed by atoms with van der Waals surface area (Å²) in [7, 11) is 1.27. The Balaban J connectivity index is 1.49. The first-order valence-electron chi connectivity index (χ1n) is 12.9. The predicted octanol–water partition coefficient (Wildman–Crippen LogP) is 5.25. The molecule has 3 aliphatic rings. The number of hydrogen-bond acceptors (Lipinski definition) is 4. The Kier molecular flexibility index (Phi) is 8.09. The van der Waals surface area contributed by atoms with E-state index in [-0.39, 0.29) is 35.0 Å². The quantitative estimate of drug-likeness (QED) is 0.434. The van der Waals surface area contributed by atoms with Gasteiger partial charge in [-0.05, 0) is 68.8 Å². The van der Waals surface area contributed by atoms with E-state index >= 15 is 0 Å². The molecule has 3 aliphatic carbocycles. The van der Waals surface area contributed by atoms with Gasteiger partial charge in [-0.3, -0.25) is 9.59 Å². The number of fused-ring (bicyclic) bond motifs is 2. The molecule has 1 aromatic carbocycles. The Morgan fingerprint density at radius 2 is 1.63 bits per heavy atom. The third-order valence-electron chi connectivity index (χ3n) is 8.17. The molecular formula is C26H32F6N2O4. The summed E-state index contributed by atoms with van der Waals surface area (Å²) in [5.41, 5.74) is -0.0291. The van der Waals surface area contributed by atoms with Crippen LogP contribution in [0.4, 0.5) is 26.3 Å². The van der Waals surface area contributed by atoms with Crippen molar-refractivity contribution in [2.45, 2.75) is 76.1 Å². The molecule has 0 saturated heterocycles. The minimum Gasteiger partial charge on any atom is -0.496 e. The monoisotopic (exact) mass is 550 g/mol. The molecule has 2 amide bonds. The Labute approximate surface area is 216 Å². The van der Waals surface area contributed by atoms with Crippen LogP contribution < -0.4 is 20.1 Å². The Hall–Kier alpha value is -2.66. The van der Waals surface area contributed by atoms with Crippen molar-refractivity contribution in [1.29, 1.82) is 0 Å². The first kappa shape index (κ1) is 28.4. The second kappa shape index (κ2) is 10.8. The van der Waals surface area contributed by atoms with Gasteiger partial charge in [-0.25, -0.2) is 4.39 Å². The summed E-state index contributed by atoms with van der Waals surface area (Å²) in [5, 5.41) is 4.48. The van der Waals surface area contributed by atoms with Crippen molar-refractivity contribution in [3.8, 4) is 11.5 Å². The van der Waals surface area contributed by atoms with Crippen LogP contribution in [-0.2, 0) is 4.79 Å². The largest absolute Gasteiger partial charge is 0.496 e. The number of nitrogens with one attached hydrogen (secondary N) is 2. The zero-order valence-electron chi connectivity index (χ0n) is 21.2. The van der Waals surface area contributed by atoms with Crippen molar-refractivity contribution < 1.29 is 45.4 Å². The minimum atomic E-state index is -5.79. The molecule has 0 aliphatic heterocycles. The number of alkyl halides is 5. The second-order valence-corrected chi connectivity index (χ2v) is 10.8. The molecule has 2 bridgehead atoms. The van der Waals surface area contributed by atoms with Gasteiger partial charge in [0.2, 0.25) is 5.91 Å². The molecule has 0 unspecified atom stereocenters. The zero-order valence-corrected chi connectivity index (χ0v) is 21.2. The normalized spacial score (nSPS) is 29.2. The topological polar surface area (TPSA) is 76.7 Å². The van der Waals surface area contributed by atoms with Crippen LogP contribution in [0, 0.1) is 29.5 Å². The average molecular weight is 551 g/mol. The van der Waals surface area contributed by atoms with Gasteiger partial charge in [0.15, 0.2) is 11.6 Å². The molecule has 4 atom stereocenters. The number of rotatable bonds is 8. The fraction of sp³-hybridized carbons (Fsp3) is 0.692. The molecule has 6 nitrogen and oxygen atoms in total. The van der Waals surface area contributed by atoms with Gasteiger partial charge in [0.05, 0.1) is 31.2 Å². The van der Waals surface area contributed by atoms with E-state index in [1.165, 1.54) is 13.2 Å². The van der Waals surface area contributed by atoms with Gasteiger partial charge in [0.1, 0.15) is 5.75 Å². The molecule has 38 heavy (non-hydrogen) atoms. The highest BCUT2D eigenvalue weighted by Gasteiger charge is 2.58. The van der Waals surface area contributed by atoms with Crippen LogP contribution in [0.15, 0.2) is 12.1 Å². The van der Waals surface area contributed by atoms with E-state index in [4.69, 9.17) is 9.47 Å². The van der Waals surface area contributed by atoms with Gasteiger partial charge in [0.25, 0.3) is 5.91 Å². The number of ether oxygens (including phenoxy) is 2. The number of halogens is 6. The summed E-state index contributed by atoms with van der Waals surface area (Å²) in [6.45, 7) is 0.258. The van der Waals surface area contributed by atoms with Gasteiger partial charge >= 0.3 is 12.1 Å². The Morgan fingerprint density at radius 1 is 0.974 bits per heavy atom. The maximum absolute atomic E-state index is 14.7. The standard InChI is InChI=1S/C26H32F6N2O4/c1-13-3-7-16(8-4-13)38-20-10-17(19(37-2)11-18(20)27)23(35)34-22-15-6-5-14(9-15)21(22)24(36)33-12-25(28,29)26(30,31)32/h10-11,13-16,21-22H,3-9,12H2,1-2H3,(H,33,36)(H,34,35)/t13-,14-,15+,16-,21+,22-/m1/s1. The van der Waals surface area contributed by atoms with Crippen LogP contribution in [-0.4, -0.2) is 49.7 Å². The zero-order chi connectivity index (χ0) is 27.8. The molecule has 2 N–H and O–H groups in total. The van der Waals surface area contributed by atoms with Crippen molar-refractivity contribution in [3.63, 3.8) is 0 Å². The lowest BCUT2D eigenvalue weighted by molar-refractivity contribution is -0.278. The first-order valence-corrected chi connectivity index (χ1v) is 12.9. The summed E-state index contributed by atoms with van der Waals surface area (Å²) < 4.78 is 90.1. The Morgan fingerprint density at radius 3 is 2.26 bits per heavy atom. The first-order chi connectivity index (χ1) is 17.8. The molecule has 212 valence electrons. The second-order valence-electron chi connectivity index (χ2n) is 10.8. The molecule has 3 fully saturated rings. The van der Waals surface area contributed by atoms with E-state index in [0.717, 1.165) is 31.7 Å². The van der Waals surface area contributed by atoms with Crippen LogP contribution in [0.3, 0.4) is 0 Å². The number of carbonyl (C=O) groups is 2. The van der Waals surface area contributed by atoms with Crippen LogP contribution in [0.1, 0.15) is 62.2 Å². The molecule has 0 heterocycles. The van der Waals surface area contributed by atoms with Crippen molar-refractivity contribution in [3.05, 3.63) is 23.5 Å². The molecule has 0 radical (unpaired) electrons. The van der Waals surface area contributed by atoms with Gasteiger partial charge in [0, 0.05) is 12.1 Å². The molecule has 3 saturated carbocycles. The summed E-state index contributed by atoms with van der Waals surface area (Å²) in [4.78, 5) is 26.0. The molecular weight excluding hydrogens is 518 g/mol. The number of benzene rings is 1. The molecule has 1 aromatic rings. The lowest BCUT2D eigenvalue weighted by atomic mass is 9.83. The van der Waals surface area contributed by atoms with Crippen LogP contribution in [0.5, 0.6) is 11.5 Å². The van der Waals surface area contributed by atoms with E-state index in [9.17, 15) is 35.9 Å². The fourth-order valence-electron chi connectivity index (χ4n) is 6.02.